The van der Waals surface area contributed by atoms with E-state index in [0.29, 0.717) is 0 Å². The quantitative estimate of drug-likeness (QED) is 0.443. The van der Waals surface area contributed by atoms with E-state index in [2.05, 4.69) is 0 Å². The van der Waals surface area contributed by atoms with Crippen LogP contribution in [-0.2, 0) is 9.47 Å². The summed E-state index contributed by atoms with van der Waals surface area (Å²) in [7, 11) is 3.26. The van der Waals surface area contributed by atoms with Gasteiger partial charge in [-0.2, -0.15) is 0 Å². The monoisotopic (exact) mass is 142 g/mol. The summed E-state index contributed by atoms with van der Waals surface area (Å²) in [6.07, 6.45) is 3.37. The average Bonchev–Trinajstić information content (AvgIpc) is 1.89. The summed E-state index contributed by atoms with van der Waals surface area (Å²) in [5.74, 6) is 0. The number of hydrogen-bond donors (Lipinski definition) is 0. The lowest BCUT2D eigenvalue weighted by Gasteiger charge is -1.99. The Kier molecular flexibility index (Phi) is 4.46. The molecule has 0 aliphatic heterocycles. The molecule has 58 valence electrons. The largest absolute Gasteiger partial charge is 0.504 e. The highest BCUT2D eigenvalue weighted by atomic mass is 16.5. The van der Waals surface area contributed by atoms with Gasteiger partial charge in [-0.1, -0.05) is 0 Å². The molecule has 0 aromatic heterocycles. The maximum atomic E-state index is 4.81. The summed E-state index contributed by atoms with van der Waals surface area (Å²) in [6, 6.07) is 0. The molecule has 0 saturated heterocycles. The van der Waals surface area contributed by atoms with Crippen LogP contribution in [0.25, 0.3) is 0 Å². The van der Waals surface area contributed by atoms with Gasteiger partial charge in [0.15, 0.2) is 0 Å². The molecule has 0 N–H and O–H groups in total. The van der Waals surface area contributed by atoms with Crippen molar-refractivity contribution in [3.63, 3.8) is 0 Å². The van der Waals surface area contributed by atoms with Gasteiger partial charge in [0.2, 0.25) is 0 Å². The fourth-order valence-corrected chi connectivity index (χ4v) is 0.539. The fourth-order valence-electron chi connectivity index (χ4n) is 0.539. The Morgan fingerprint density at radius 1 is 0.900 bits per heavy atom. The number of allylic oxidation sites excluding steroid dienone is 2. The van der Waals surface area contributed by atoms with Crippen LogP contribution in [-0.4, -0.2) is 14.2 Å². The SMILES string of the molecule is CO/C=C(C)/C(C)=C/OC. The molecule has 0 heterocycles. The molecule has 0 rings (SSSR count). The lowest BCUT2D eigenvalue weighted by molar-refractivity contribution is 0.328. The van der Waals surface area contributed by atoms with Gasteiger partial charge in [-0.15, -0.1) is 0 Å². The van der Waals surface area contributed by atoms with Gasteiger partial charge in [0, 0.05) is 0 Å². The van der Waals surface area contributed by atoms with E-state index >= 15 is 0 Å². The van der Waals surface area contributed by atoms with Crippen LogP contribution in [0.1, 0.15) is 13.8 Å². The zero-order valence-corrected chi connectivity index (χ0v) is 6.97. The van der Waals surface area contributed by atoms with Crippen molar-refractivity contribution in [2.75, 3.05) is 14.2 Å². The Bertz CT molecular complexity index is 127. The predicted octanol–water partition coefficient (Wildman–Crippen LogP) is 2.09. The van der Waals surface area contributed by atoms with Gasteiger partial charge in [0.25, 0.3) is 0 Å². The zero-order valence-electron chi connectivity index (χ0n) is 6.97. The second-order valence-corrected chi connectivity index (χ2v) is 2.07. The van der Waals surface area contributed by atoms with Crippen molar-refractivity contribution >= 4 is 0 Å². The van der Waals surface area contributed by atoms with Gasteiger partial charge >= 0.3 is 0 Å². The van der Waals surface area contributed by atoms with Gasteiger partial charge in [0.05, 0.1) is 26.7 Å². The number of rotatable bonds is 3. The van der Waals surface area contributed by atoms with Gasteiger partial charge in [0.1, 0.15) is 0 Å². The van der Waals surface area contributed by atoms with Crippen LogP contribution in [0, 0.1) is 0 Å². The van der Waals surface area contributed by atoms with Crippen molar-refractivity contribution in [1.29, 1.82) is 0 Å². The molecular formula is C8H14O2. The molecule has 0 aromatic rings. The van der Waals surface area contributed by atoms with Crippen LogP contribution < -0.4 is 0 Å². The van der Waals surface area contributed by atoms with Crippen LogP contribution in [0.2, 0.25) is 0 Å². The number of methoxy groups -OCH3 is 2. The van der Waals surface area contributed by atoms with Crippen molar-refractivity contribution in [3.05, 3.63) is 23.7 Å². The summed E-state index contributed by atoms with van der Waals surface area (Å²) >= 11 is 0. The van der Waals surface area contributed by atoms with E-state index in [1.54, 1.807) is 26.7 Å². The van der Waals surface area contributed by atoms with Crippen LogP contribution in [0.5, 0.6) is 0 Å². The number of hydrogen-bond acceptors (Lipinski definition) is 2. The Labute approximate surface area is 62.1 Å². The number of ether oxygens (including phenoxy) is 2. The Hall–Kier alpha value is -0.920. The van der Waals surface area contributed by atoms with E-state index in [1.165, 1.54) is 0 Å². The molecule has 0 aliphatic rings. The highest BCUT2D eigenvalue weighted by Crippen LogP contribution is 2.06. The van der Waals surface area contributed by atoms with E-state index in [1.807, 2.05) is 13.8 Å². The predicted molar refractivity (Wildman–Crippen MR) is 41.5 cm³/mol. The minimum atomic E-state index is 1.07. The summed E-state index contributed by atoms with van der Waals surface area (Å²) < 4.78 is 9.63. The minimum absolute atomic E-state index is 1.07. The molecule has 0 aliphatic carbocycles. The van der Waals surface area contributed by atoms with Crippen LogP contribution in [0.4, 0.5) is 0 Å². The van der Waals surface area contributed by atoms with Crippen molar-refractivity contribution in [2.24, 2.45) is 0 Å². The third kappa shape index (κ3) is 3.17. The maximum Gasteiger partial charge on any atom is 0.0857 e. The van der Waals surface area contributed by atoms with E-state index in [9.17, 15) is 0 Å². The van der Waals surface area contributed by atoms with E-state index in [0.717, 1.165) is 11.1 Å². The molecule has 2 heteroatoms. The Balaban J connectivity index is 4.06. The average molecular weight is 142 g/mol. The highest BCUT2D eigenvalue weighted by molar-refractivity contribution is 5.23. The van der Waals surface area contributed by atoms with E-state index < -0.39 is 0 Å². The molecule has 0 aromatic carbocycles. The second kappa shape index (κ2) is 4.91. The van der Waals surface area contributed by atoms with E-state index in [4.69, 9.17) is 9.47 Å². The molecule has 0 bridgehead atoms. The zero-order chi connectivity index (χ0) is 7.98. The molecule has 0 fully saturated rings. The van der Waals surface area contributed by atoms with Gasteiger partial charge in [-0.05, 0) is 25.0 Å². The topological polar surface area (TPSA) is 18.5 Å². The fraction of sp³-hybridized carbons (Fsp3) is 0.500. The molecule has 0 unspecified atom stereocenters. The summed E-state index contributed by atoms with van der Waals surface area (Å²) in [5, 5.41) is 0. The molecule has 10 heavy (non-hydrogen) atoms. The van der Waals surface area contributed by atoms with Crippen molar-refractivity contribution in [2.45, 2.75) is 13.8 Å². The molecule has 0 amide bonds. The summed E-state index contributed by atoms with van der Waals surface area (Å²) in [5.41, 5.74) is 2.15. The Morgan fingerprint density at radius 3 is 1.40 bits per heavy atom. The van der Waals surface area contributed by atoms with Gasteiger partial charge < -0.3 is 9.47 Å². The molecule has 2 nitrogen and oxygen atoms in total. The maximum absolute atomic E-state index is 4.81. The van der Waals surface area contributed by atoms with Gasteiger partial charge in [-0.25, -0.2) is 0 Å². The molecular weight excluding hydrogens is 128 g/mol. The molecule has 0 radical (unpaired) electrons. The third-order valence-electron chi connectivity index (χ3n) is 1.21. The molecule has 0 spiro atoms. The lowest BCUT2D eigenvalue weighted by atomic mass is 10.2. The first-order valence-electron chi connectivity index (χ1n) is 3.12. The first-order valence-corrected chi connectivity index (χ1v) is 3.12. The smallest absolute Gasteiger partial charge is 0.0857 e. The van der Waals surface area contributed by atoms with Crippen molar-refractivity contribution in [1.82, 2.24) is 0 Å². The molecule has 0 atom stereocenters. The Morgan fingerprint density at radius 2 is 1.20 bits per heavy atom. The summed E-state index contributed by atoms with van der Waals surface area (Å²) in [6.45, 7) is 3.93. The van der Waals surface area contributed by atoms with Gasteiger partial charge in [-0.3, -0.25) is 0 Å². The summed E-state index contributed by atoms with van der Waals surface area (Å²) in [4.78, 5) is 0. The first-order chi connectivity index (χ1) is 4.72. The highest BCUT2D eigenvalue weighted by Gasteiger charge is 1.90. The van der Waals surface area contributed by atoms with Crippen LogP contribution in [0.15, 0.2) is 23.7 Å². The third-order valence-corrected chi connectivity index (χ3v) is 1.21. The molecule has 0 saturated carbocycles. The van der Waals surface area contributed by atoms with Crippen molar-refractivity contribution < 1.29 is 9.47 Å². The van der Waals surface area contributed by atoms with E-state index in [-0.39, 0.29) is 0 Å². The van der Waals surface area contributed by atoms with Crippen LogP contribution >= 0.6 is 0 Å². The second-order valence-electron chi connectivity index (χ2n) is 2.07. The van der Waals surface area contributed by atoms with Crippen LogP contribution in [0.3, 0.4) is 0 Å². The van der Waals surface area contributed by atoms with Crippen molar-refractivity contribution in [3.8, 4) is 0 Å². The lowest BCUT2D eigenvalue weighted by Crippen LogP contribution is -1.82. The first kappa shape index (κ1) is 9.08. The minimum Gasteiger partial charge on any atom is -0.504 e. The normalized spacial score (nSPS) is 13.2. The standard InChI is InChI=1S/C8H14O2/c1-7(5-9-3)8(2)6-10-4/h5-6H,1-4H3/b7-5+,8-6+.